The number of nitrogens with zero attached hydrogens (tertiary/aromatic N) is 3. The molecule has 0 saturated carbocycles. The van der Waals surface area contributed by atoms with Crippen LogP contribution in [-0.2, 0) is 10.1 Å². The van der Waals surface area contributed by atoms with Crippen molar-refractivity contribution in [3.63, 3.8) is 0 Å². The van der Waals surface area contributed by atoms with Crippen LogP contribution in [0.4, 0.5) is 11.6 Å². The van der Waals surface area contributed by atoms with Gasteiger partial charge >= 0.3 is 18.0 Å². The van der Waals surface area contributed by atoms with Gasteiger partial charge in [-0.3, -0.25) is 4.55 Å². The topological polar surface area (TPSA) is 183 Å². The fraction of sp³-hybridized carbons (Fsp3) is 0. The Morgan fingerprint density at radius 3 is 2.18 bits per heavy atom. The van der Waals surface area contributed by atoms with Crippen LogP contribution < -0.4 is 5.32 Å². The molecular weight excluding hydrogens is 320 g/mol. The molecule has 0 aliphatic heterocycles. The molecule has 0 fully saturated rings. The van der Waals surface area contributed by atoms with Gasteiger partial charge in [-0.15, -0.1) is 4.98 Å². The number of nitrogens with one attached hydrogen (secondary N) is 1. The van der Waals surface area contributed by atoms with Crippen LogP contribution >= 0.6 is 0 Å². The molecular formula is C10H8N4O7S. The lowest BCUT2D eigenvalue weighted by Gasteiger charge is -2.09. The van der Waals surface area contributed by atoms with Crippen molar-refractivity contribution < 1.29 is 33.1 Å². The maximum atomic E-state index is 11.2. The van der Waals surface area contributed by atoms with Crippen molar-refractivity contribution >= 4 is 27.7 Å². The zero-order chi connectivity index (χ0) is 16.5. The predicted molar refractivity (Wildman–Crippen MR) is 69.7 cm³/mol. The van der Waals surface area contributed by atoms with Crippen molar-refractivity contribution in [1.82, 2.24) is 15.0 Å². The molecule has 22 heavy (non-hydrogen) atoms. The molecule has 116 valence electrons. The Hall–Kier alpha value is -2.99. The van der Waals surface area contributed by atoms with Gasteiger partial charge in [0, 0.05) is 0 Å². The zero-order valence-corrected chi connectivity index (χ0v) is 11.3. The number of hydrogen-bond acceptors (Lipinski definition) is 9. The third kappa shape index (κ3) is 3.36. The van der Waals surface area contributed by atoms with E-state index in [0.29, 0.717) is 0 Å². The minimum Gasteiger partial charge on any atom is -0.479 e. The first-order valence-corrected chi connectivity index (χ1v) is 6.86. The average Bonchev–Trinajstić information content (AvgIpc) is 2.36. The third-order valence-corrected chi connectivity index (χ3v) is 3.23. The number of hydrogen-bond donors (Lipinski definition) is 5. The molecule has 2 rings (SSSR count). The molecule has 0 bridgehead atoms. The summed E-state index contributed by atoms with van der Waals surface area (Å²) in [7, 11) is -4.57. The Labute approximate surface area is 122 Å². The highest BCUT2D eigenvalue weighted by Gasteiger charge is 2.18. The standard InChI is InChI=1S/C10H8N4O7S/c15-7(16)5-3-4(22(19,20)21)1-2-6(5)11-8-12-9(17)14-10(18)13-8/h1-3H,(H,15,16)(H,19,20,21)(H3,11,12,13,14,17,18). The van der Waals surface area contributed by atoms with Crippen molar-refractivity contribution in [2.24, 2.45) is 0 Å². The molecule has 1 aromatic heterocycles. The average molecular weight is 328 g/mol. The van der Waals surface area contributed by atoms with Crippen LogP contribution in [-0.4, -0.2) is 49.2 Å². The molecule has 0 aliphatic carbocycles. The Balaban J connectivity index is 2.49. The van der Waals surface area contributed by atoms with Crippen LogP contribution in [0.2, 0.25) is 0 Å². The van der Waals surface area contributed by atoms with Crippen LogP contribution in [0.1, 0.15) is 10.4 Å². The summed E-state index contributed by atoms with van der Waals surface area (Å²) >= 11 is 0. The minimum atomic E-state index is -4.57. The quantitative estimate of drug-likeness (QED) is 0.475. The van der Waals surface area contributed by atoms with Crippen LogP contribution in [0.3, 0.4) is 0 Å². The van der Waals surface area contributed by atoms with Crippen molar-refractivity contribution in [1.29, 1.82) is 0 Å². The zero-order valence-electron chi connectivity index (χ0n) is 10.5. The first kappa shape index (κ1) is 15.4. The summed E-state index contributed by atoms with van der Waals surface area (Å²) in [6.45, 7) is 0. The number of aromatic nitrogens is 3. The summed E-state index contributed by atoms with van der Waals surface area (Å²) in [5.41, 5.74) is -0.639. The van der Waals surface area contributed by atoms with E-state index in [2.05, 4.69) is 20.3 Å². The smallest absolute Gasteiger partial charge is 0.337 e. The summed E-state index contributed by atoms with van der Waals surface area (Å²) in [4.78, 5) is 20.4. The van der Waals surface area contributed by atoms with Crippen LogP contribution in [0.25, 0.3) is 0 Å². The second kappa shape index (κ2) is 5.42. The van der Waals surface area contributed by atoms with E-state index in [1.165, 1.54) is 0 Å². The van der Waals surface area contributed by atoms with Crippen LogP contribution in [0.5, 0.6) is 12.0 Å². The summed E-state index contributed by atoms with van der Waals surface area (Å²) in [6.07, 6.45) is 0. The molecule has 0 saturated heterocycles. The van der Waals surface area contributed by atoms with E-state index in [9.17, 15) is 13.2 Å². The number of rotatable bonds is 4. The van der Waals surface area contributed by atoms with E-state index in [-0.39, 0.29) is 11.6 Å². The van der Waals surface area contributed by atoms with Gasteiger partial charge in [0.2, 0.25) is 5.95 Å². The van der Waals surface area contributed by atoms with E-state index < -0.39 is 38.6 Å². The van der Waals surface area contributed by atoms with Crippen molar-refractivity contribution in [3.05, 3.63) is 23.8 Å². The highest BCUT2D eigenvalue weighted by Crippen LogP contribution is 2.24. The van der Waals surface area contributed by atoms with Crippen LogP contribution in [0, 0.1) is 0 Å². The van der Waals surface area contributed by atoms with Gasteiger partial charge in [0.1, 0.15) is 0 Å². The normalized spacial score (nSPS) is 11.1. The lowest BCUT2D eigenvalue weighted by Crippen LogP contribution is -2.07. The maximum absolute atomic E-state index is 11.2. The molecule has 0 spiro atoms. The van der Waals surface area contributed by atoms with E-state index in [1.54, 1.807) is 0 Å². The van der Waals surface area contributed by atoms with E-state index in [1.807, 2.05) is 0 Å². The van der Waals surface area contributed by atoms with E-state index in [0.717, 1.165) is 18.2 Å². The van der Waals surface area contributed by atoms with Gasteiger partial charge in [-0.05, 0) is 18.2 Å². The lowest BCUT2D eigenvalue weighted by molar-refractivity contribution is 0.0697. The van der Waals surface area contributed by atoms with Crippen molar-refractivity contribution in [2.45, 2.75) is 4.90 Å². The number of carboxylic acid groups (broad SMARTS) is 1. The Morgan fingerprint density at radius 2 is 1.68 bits per heavy atom. The SMILES string of the molecule is O=C(O)c1cc(S(=O)(=O)O)ccc1Nc1nc(O)nc(O)n1. The molecule has 11 nitrogen and oxygen atoms in total. The van der Waals surface area contributed by atoms with Gasteiger partial charge in [-0.25, -0.2) is 4.79 Å². The van der Waals surface area contributed by atoms with E-state index in [4.69, 9.17) is 19.9 Å². The molecule has 0 radical (unpaired) electrons. The van der Waals surface area contributed by atoms with Gasteiger partial charge in [0.15, 0.2) is 0 Å². The second-order valence-corrected chi connectivity index (χ2v) is 5.29. The minimum absolute atomic E-state index is 0.134. The first-order chi connectivity index (χ1) is 10.2. The van der Waals surface area contributed by atoms with Gasteiger partial charge in [0.05, 0.1) is 16.1 Å². The van der Waals surface area contributed by atoms with Crippen molar-refractivity contribution in [3.8, 4) is 12.0 Å². The molecule has 0 aliphatic rings. The molecule has 0 amide bonds. The number of carbonyl (C=O) groups is 1. The Kier molecular flexibility index (Phi) is 3.79. The maximum Gasteiger partial charge on any atom is 0.337 e. The largest absolute Gasteiger partial charge is 0.479 e. The van der Waals surface area contributed by atoms with Gasteiger partial charge in [0.25, 0.3) is 10.1 Å². The number of anilines is 2. The molecule has 12 heteroatoms. The molecule has 1 aromatic carbocycles. The fourth-order valence-electron chi connectivity index (χ4n) is 1.50. The van der Waals surface area contributed by atoms with Crippen molar-refractivity contribution in [2.75, 3.05) is 5.32 Å². The number of carboxylic acids is 1. The number of benzene rings is 1. The lowest BCUT2D eigenvalue weighted by atomic mass is 10.2. The highest BCUT2D eigenvalue weighted by molar-refractivity contribution is 7.85. The van der Waals surface area contributed by atoms with E-state index >= 15 is 0 Å². The summed E-state index contributed by atoms with van der Waals surface area (Å²) in [5.74, 6) is -1.86. The second-order valence-electron chi connectivity index (χ2n) is 3.87. The Morgan fingerprint density at radius 1 is 1.09 bits per heavy atom. The Bertz CT molecular complexity index is 832. The van der Waals surface area contributed by atoms with Gasteiger partial charge < -0.3 is 20.6 Å². The molecule has 2 aromatic rings. The fourth-order valence-corrected chi connectivity index (χ4v) is 2.01. The summed E-state index contributed by atoms with van der Waals surface area (Å²) < 4.78 is 30.9. The molecule has 0 unspecified atom stereocenters. The summed E-state index contributed by atoms with van der Waals surface area (Å²) in [5, 5.41) is 29.7. The molecule has 0 atom stereocenters. The van der Waals surface area contributed by atoms with Gasteiger partial charge in [-0.2, -0.15) is 18.4 Å². The predicted octanol–water partition coefficient (Wildman–Crippen LogP) is -0.0287. The van der Waals surface area contributed by atoms with Crippen LogP contribution in [0.15, 0.2) is 23.1 Å². The molecule has 5 N–H and O–H groups in total. The number of aromatic carboxylic acids is 1. The third-order valence-electron chi connectivity index (χ3n) is 2.38. The first-order valence-electron chi connectivity index (χ1n) is 5.42. The monoisotopic (exact) mass is 328 g/mol. The van der Waals surface area contributed by atoms with Gasteiger partial charge in [-0.1, -0.05) is 0 Å². The number of aromatic hydroxyl groups is 2. The molecule has 1 heterocycles. The summed E-state index contributed by atoms with van der Waals surface area (Å²) in [6, 6.07) is 1.11. The highest BCUT2D eigenvalue weighted by atomic mass is 32.2.